The lowest BCUT2D eigenvalue weighted by Crippen LogP contribution is -2.36. The van der Waals surface area contributed by atoms with Gasteiger partial charge in [-0.25, -0.2) is 9.78 Å². The standard InChI is InChI=1S/C40H52N6O2/c1-39(2,3)30-17-19-31(20-18-30)46-34(28-13-9-26(10-14-28)32(42)24-41)21-22-35(46)29-15-11-27(12-16-29)33-25-43-37(44-33)36-8-7-23-45(36)38(47)48-40(4,5)6/h9-20,25,32,34-36H,7-8,21-24,41-42H2,1-6H3,(H,43,44). The second-order valence-electron chi connectivity index (χ2n) is 15.5. The Labute approximate surface area is 285 Å². The second-order valence-corrected chi connectivity index (χ2v) is 15.5. The highest BCUT2D eigenvalue weighted by atomic mass is 16.6. The van der Waals surface area contributed by atoms with Crippen molar-refractivity contribution >= 4 is 11.8 Å². The number of amides is 1. The Balaban J connectivity index is 1.25. The van der Waals surface area contributed by atoms with E-state index in [1.54, 1.807) is 4.90 Å². The first-order chi connectivity index (χ1) is 22.8. The Hall–Kier alpha value is -4.14. The highest BCUT2D eigenvalue weighted by Gasteiger charge is 2.37. The normalized spacial score (nSPS) is 20.7. The van der Waals surface area contributed by atoms with Gasteiger partial charge in [-0.3, -0.25) is 4.90 Å². The van der Waals surface area contributed by atoms with Crippen LogP contribution in [0.1, 0.15) is 119 Å². The van der Waals surface area contributed by atoms with E-state index < -0.39 is 5.60 Å². The molecule has 8 nitrogen and oxygen atoms in total. The fourth-order valence-electron chi connectivity index (χ4n) is 7.19. The van der Waals surface area contributed by atoms with Crippen LogP contribution in [0, 0.1) is 0 Å². The summed E-state index contributed by atoms with van der Waals surface area (Å²) in [5.41, 5.74) is 19.8. The molecule has 5 N–H and O–H groups in total. The first-order valence-corrected chi connectivity index (χ1v) is 17.4. The third kappa shape index (κ3) is 7.15. The quantitative estimate of drug-likeness (QED) is 0.185. The van der Waals surface area contributed by atoms with Crippen LogP contribution < -0.4 is 16.4 Å². The summed E-state index contributed by atoms with van der Waals surface area (Å²) < 4.78 is 5.67. The van der Waals surface area contributed by atoms with Crippen LogP contribution in [0.15, 0.2) is 79.0 Å². The summed E-state index contributed by atoms with van der Waals surface area (Å²) in [5.74, 6) is 0.805. The van der Waals surface area contributed by atoms with Gasteiger partial charge >= 0.3 is 6.09 Å². The van der Waals surface area contributed by atoms with Crippen LogP contribution in [-0.2, 0) is 10.2 Å². The maximum Gasteiger partial charge on any atom is 0.410 e. The van der Waals surface area contributed by atoms with Crippen molar-refractivity contribution in [3.05, 3.63) is 107 Å². The van der Waals surface area contributed by atoms with Gasteiger partial charge in [-0.15, -0.1) is 0 Å². The van der Waals surface area contributed by atoms with E-state index in [0.29, 0.717) is 13.1 Å². The minimum absolute atomic E-state index is 0.0913. The molecule has 254 valence electrons. The zero-order valence-corrected chi connectivity index (χ0v) is 29.4. The van der Waals surface area contributed by atoms with Crippen LogP contribution in [0.3, 0.4) is 0 Å². The number of H-pyrrole nitrogens is 1. The van der Waals surface area contributed by atoms with E-state index in [1.165, 1.54) is 22.4 Å². The van der Waals surface area contributed by atoms with Gasteiger partial charge < -0.3 is 26.1 Å². The molecule has 0 spiro atoms. The Bertz CT molecular complexity index is 1680. The number of nitrogens with zero attached hydrogens (tertiary/aromatic N) is 3. The maximum atomic E-state index is 12.9. The molecule has 4 unspecified atom stereocenters. The van der Waals surface area contributed by atoms with Gasteiger partial charge in [0.05, 0.1) is 30.0 Å². The summed E-state index contributed by atoms with van der Waals surface area (Å²) in [5, 5.41) is 0. The van der Waals surface area contributed by atoms with Crippen molar-refractivity contribution in [3.8, 4) is 11.3 Å². The van der Waals surface area contributed by atoms with Crippen LogP contribution in [0.2, 0.25) is 0 Å². The fourth-order valence-corrected chi connectivity index (χ4v) is 7.19. The Kier molecular flexibility index (Phi) is 9.42. The summed E-state index contributed by atoms with van der Waals surface area (Å²) >= 11 is 0. The van der Waals surface area contributed by atoms with E-state index in [2.05, 4.69) is 103 Å². The number of nitrogens with one attached hydrogen (secondary N) is 1. The lowest BCUT2D eigenvalue weighted by molar-refractivity contribution is 0.0218. The number of aromatic amines is 1. The van der Waals surface area contributed by atoms with Crippen LogP contribution >= 0.6 is 0 Å². The summed E-state index contributed by atoms with van der Waals surface area (Å²) in [7, 11) is 0. The van der Waals surface area contributed by atoms with Gasteiger partial charge in [0.15, 0.2) is 0 Å². The smallest absolute Gasteiger partial charge is 0.410 e. The van der Waals surface area contributed by atoms with Gasteiger partial charge in [0.2, 0.25) is 0 Å². The lowest BCUT2D eigenvalue weighted by atomic mass is 9.87. The molecule has 0 aliphatic carbocycles. The summed E-state index contributed by atoms with van der Waals surface area (Å²) in [6.07, 6.45) is 5.49. The summed E-state index contributed by atoms with van der Waals surface area (Å²) in [6.45, 7) is 13.6. The van der Waals surface area contributed by atoms with Gasteiger partial charge in [0.25, 0.3) is 0 Å². The van der Waals surface area contributed by atoms with E-state index in [9.17, 15) is 4.79 Å². The molecule has 4 aromatic rings. The van der Waals surface area contributed by atoms with Crippen molar-refractivity contribution in [2.75, 3.05) is 18.0 Å². The predicted molar refractivity (Wildman–Crippen MR) is 194 cm³/mol. The van der Waals surface area contributed by atoms with E-state index in [-0.39, 0.29) is 35.7 Å². The van der Waals surface area contributed by atoms with Crippen molar-refractivity contribution < 1.29 is 9.53 Å². The monoisotopic (exact) mass is 648 g/mol. The van der Waals surface area contributed by atoms with E-state index >= 15 is 0 Å². The van der Waals surface area contributed by atoms with Crippen molar-refractivity contribution in [2.45, 2.75) is 102 Å². The van der Waals surface area contributed by atoms with Crippen LogP contribution in [0.4, 0.5) is 10.5 Å². The number of nitrogens with two attached hydrogens (primary N) is 2. The average Bonchev–Trinajstić information content (AvgIpc) is 3.83. The van der Waals surface area contributed by atoms with Crippen molar-refractivity contribution in [1.29, 1.82) is 0 Å². The molecule has 1 aromatic heterocycles. The zero-order chi connectivity index (χ0) is 34.2. The largest absolute Gasteiger partial charge is 0.444 e. The Morgan fingerprint density at radius 3 is 2.04 bits per heavy atom. The number of anilines is 1. The third-order valence-electron chi connectivity index (χ3n) is 9.82. The molecule has 0 radical (unpaired) electrons. The minimum atomic E-state index is -0.533. The van der Waals surface area contributed by atoms with E-state index in [4.69, 9.17) is 21.2 Å². The summed E-state index contributed by atoms with van der Waals surface area (Å²) in [6, 6.07) is 26.9. The summed E-state index contributed by atoms with van der Waals surface area (Å²) in [4.78, 5) is 25.5. The number of rotatable bonds is 7. The molecule has 6 rings (SSSR count). The van der Waals surface area contributed by atoms with Crippen LogP contribution in [0.25, 0.3) is 11.3 Å². The lowest BCUT2D eigenvalue weighted by Gasteiger charge is -2.34. The van der Waals surface area contributed by atoms with Crippen molar-refractivity contribution in [3.63, 3.8) is 0 Å². The molecule has 1 amide bonds. The number of hydrogen-bond acceptors (Lipinski definition) is 6. The van der Waals surface area contributed by atoms with E-state index in [1.807, 2.05) is 27.0 Å². The van der Waals surface area contributed by atoms with Crippen molar-refractivity contribution in [1.82, 2.24) is 14.9 Å². The van der Waals surface area contributed by atoms with E-state index in [0.717, 1.165) is 48.3 Å². The SMILES string of the molecule is CC(C)(C)OC(=O)N1CCCC1c1ncc(-c2ccc(C3CCC(c4ccc(C(N)CN)cc4)N3c3ccc(C(C)(C)C)cc3)cc2)[nH]1. The minimum Gasteiger partial charge on any atom is -0.444 e. The molecule has 0 bridgehead atoms. The maximum absolute atomic E-state index is 12.9. The Morgan fingerprint density at radius 2 is 1.48 bits per heavy atom. The number of likely N-dealkylation sites (tertiary alicyclic amines) is 1. The van der Waals surface area contributed by atoms with Gasteiger partial charge in [-0.05, 0) is 91.8 Å². The van der Waals surface area contributed by atoms with Gasteiger partial charge in [0.1, 0.15) is 11.4 Å². The molecule has 0 saturated carbocycles. The third-order valence-corrected chi connectivity index (χ3v) is 9.82. The highest BCUT2D eigenvalue weighted by molar-refractivity contribution is 5.69. The molecule has 3 aromatic carbocycles. The first-order valence-electron chi connectivity index (χ1n) is 17.4. The molecule has 2 aliphatic heterocycles. The van der Waals surface area contributed by atoms with Gasteiger partial charge in [-0.2, -0.15) is 0 Å². The molecular weight excluding hydrogens is 596 g/mol. The number of ether oxygens (including phenoxy) is 1. The fraction of sp³-hybridized carbons (Fsp3) is 0.450. The number of carbonyl (C=O) groups excluding carboxylic acids is 1. The molecule has 4 atom stereocenters. The average molecular weight is 649 g/mol. The molecule has 2 aliphatic rings. The topological polar surface area (TPSA) is 114 Å². The number of benzene rings is 3. The molecule has 3 heterocycles. The molecular formula is C40H52N6O2. The first kappa shape index (κ1) is 33.7. The second kappa shape index (κ2) is 13.4. The number of carbonyl (C=O) groups is 1. The number of hydrogen-bond donors (Lipinski definition) is 3. The molecule has 48 heavy (non-hydrogen) atoms. The van der Waals surface area contributed by atoms with Crippen molar-refractivity contribution in [2.24, 2.45) is 11.5 Å². The van der Waals surface area contributed by atoms with Crippen LogP contribution in [-0.4, -0.2) is 39.7 Å². The predicted octanol–water partition coefficient (Wildman–Crippen LogP) is 8.49. The highest BCUT2D eigenvalue weighted by Crippen LogP contribution is 2.47. The molecule has 2 fully saturated rings. The molecule has 2 saturated heterocycles. The van der Waals surface area contributed by atoms with Crippen LogP contribution in [0.5, 0.6) is 0 Å². The number of aromatic nitrogens is 2. The number of imidazole rings is 1. The Morgan fingerprint density at radius 1 is 0.875 bits per heavy atom. The molecule has 8 heteroatoms. The van der Waals surface area contributed by atoms with Gasteiger partial charge in [-0.1, -0.05) is 81.4 Å². The zero-order valence-electron chi connectivity index (χ0n) is 29.4. The van der Waals surface area contributed by atoms with Gasteiger partial charge in [0, 0.05) is 24.8 Å².